The second-order valence-corrected chi connectivity index (χ2v) is 4.59. The lowest BCUT2D eigenvalue weighted by molar-refractivity contribution is -0.119. The number of fused-ring (bicyclic) bond motifs is 5. The highest BCUT2D eigenvalue weighted by Crippen LogP contribution is 2.51. The van der Waals surface area contributed by atoms with Crippen molar-refractivity contribution in [1.29, 1.82) is 0 Å². The van der Waals surface area contributed by atoms with E-state index in [1.807, 2.05) is 0 Å². The first-order valence-corrected chi connectivity index (χ1v) is 5.00. The van der Waals surface area contributed by atoms with Gasteiger partial charge in [0.1, 0.15) is 0 Å². The van der Waals surface area contributed by atoms with Crippen LogP contribution in [0, 0.1) is 11.8 Å². The highest BCUT2D eigenvalue weighted by Gasteiger charge is 2.59. The molecular weight excluding hydrogens is 176 g/mol. The van der Waals surface area contributed by atoms with Crippen molar-refractivity contribution in [3.63, 3.8) is 0 Å². The number of ether oxygens (including phenoxy) is 1. The monoisotopic (exact) mass is 184 g/mol. The fraction of sp³-hybridized carbons (Fsp3) is 0.750. The van der Waals surface area contributed by atoms with E-state index in [1.54, 1.807) is 0 Å². The molecule has 0 aromatic heterocycles. The molecule has 4 heteroatoms. The van der Waals surface area contributed by atoms with Crippen molar-refractivity contribution in [3.8, 4) is 0 Å². The summed E-state index contributed by atoms with van der Waals surface area (Å²) >= 11 is 0.902. The van der Waals surface area contributed by atoms with Crippen molar-refractivity contribution >= 4 is 22.0 Å². The van der Waals surface area contributed by atoms with E-state index in [9.17, 15) is 9.59 Å². The summed E-state index contributed by atoms with van der Waals surface area (Å²) in [7, 11) is 0. The van der Waals surface area contributed by atoms with Crippen molar-refractivity contribution < 1.29 is 14.3 Å². The van der Waals surface area contributed by atoms with Gasteiger partial charge in [0.05, 0.1) is 24.0 Å². The highest BCUT2D eigenvalue weighted by atomic mass is 32.2. The lowest BCUT2D eigenvalue weighted by Gasteiger charge is -2.15. The number of thioether (sulfide) groups is 1. The van der Waals surface area contributed by atoms with Crippen LogP contribution in [0.25, 0.3) is 0 Å². The first-order chi connectivity index (χ1) is 5.77. The molecule has 2 bridgehead atoms. The van der Waals surface area contributed by atoms with Gasteiger partial charge in [0, 0.05) is 0 Å². The molecule has 4 atom stereocenters. The summed E-state index contributed by atoms with van der Waals surface area (Å²) in [6.07, 6.45) is 2.05. The van der Waals surface area contributed by atoms with Crippen LogP contribution in [0.15, 0.2) is 0 Å². The van der Waals surface area contributed by atoms with Crippen molar-refractivity contribution in [1.82, 2.24) is 0 Å². The fourth-order valence-corrected chi connectivity index (χ4v) is 3.58. The summed E-state index contributed by atoms with van der Waals surface area (Å²) in [5, 5.41) is 0.0781. The minimum atomic E-state index is -0.0961. The third-order valence-corrected chi connectivity index (χ3v) is 3.97. The van der Waals surface area contributed by atoms with Gasteiger partial charge in [-0.1, -0.05) is 0 Å². The molecule has 0 aliphatic carbocycles. The number of carbonyl (C=O) groups is 2. The average Bonchev–Trinajstić information content (AvgIpc) is 2.64. The fourth-order valence-electron chi connectivity index (χ4n) is 2.51. The molecule has 0 spiro atoms. The maximum absolute atomic E-state index is 11.3. The van der Waals surface area contributed by atoms with Crippen molar-refractivity contribution in [2.45, 2.75) is 25.0 Å². The zero-order valence-electron chi connectivity index (χ0n) is 6.36. The number of hydrogen-bond acceptors (Lipinski definition) is 4. The molecule has 3 fully saturated rings. The molecule has 64 valence electrons. The SMILES string of the molecule is O=C1SC(=O)[C@H]2[C@@H]1[C@@H]1CC[C@H]2O1. The van der Waals surface area contributed by atoms with Crippen LogP contribution in [0.4, 0.5) is 0 Å². The number of carbonyl (C=O) groups excluding carboxylic acids is 2. The number of rotatable bonds is 0. The largest absolute Gasteiger partial charge is 0.373 e. The molecular formula is C8H8O3S. The molecule has 0 radical (unpaired) electrons. The van der Waals surface area contributed by atoms with Crippen LogP contribution in [0.3, 0.4) is 0 Å². The minimum Gasteiger partial charge on any atom is -0.373 e. The first-order valence-electron chi connectivity index (χ1n) is 4.18. The Morgan fingerprint density at radius 1 is 1.08 bits per heavy atom. The zero-order chi connectivity index (χ0) is 8.29. The van der Waals surface area contributed by atoms with Crippen LogP contribution >= 0.6 is 11.8 Å². The van der Waals surface area contributed by atoms with Crippen LogP contribution < -0.4 is 0 Å². The Morgan fingerprint density at radius 2 is 1.58 bits per heavy atom. The van der Waals surface area contributed by atoms with Crippen LogP contribution in [0.1, 0.15) is 12.8 Å². The third-order valence-electron chi connectivity index (χ3n) is 3.02. The lowest BCUT2D eigenvalue weighted by Crippen LogP contribution is -2.29. The van der Waals surface area contributed by atoms with Gasteiger partial charge in [-0.2, -0.15) is 0 Å². The van der Waals surface area contributed by atoms with Crippen LogP contribution in [-0.4, -0.2) is 22.4 Å². The maximum Gasteiger partial charge on any atom is 0.202 e. The van der Waals surface area contributed by atoms with E-state index in [4.69, 9.17) is 4.74 Å². The Labute approximate surface area is 73.8 Å². The number of hydrogen-bond donors (Lipinski definition) is 0. The molecule has 3 aliphatic rings. The molecule has 12 heavy (non-hydrogen) atoms. The van der Waals surface area contributed by atoms with Crippen molar-refractivity contribution in [2.24, 2.45) is 11.8 Å². The predicted octanol–water partition coefficient (Wildman–Crippen LogP) is 0.580. The van der Waals surface area contributed by atoms with Gasteiger partial charge in [0.2, 0.25) is 10.2 Å². The molecule has 3 aliphatic heterocycles. The van der Waals surface area contributed by atoms with E-state index in [-0.39, 0.29) is 34.3 Å². The average molecular weight is 184 g/mol. The van der Waals surface area contributed by atoms with Gasteiger partial charge in [-0.15, -0.1) is 0 Å². The molecule has 0 amide bonds. The third kappa shape index (κ3) is 0.677. The molecule has 3 rings (SSSR count). The van der Waals surface area contributed by atoms with E-state index in [0.717, 1.165) is 24.6 Å². The molecule has 0 aromatic rings. The van der Waals surface area contributed by atoms with Gasteiger partial charge in [0.25, 0.3) is 0 Å². The standard InChI is InChI=1S/C8H8O3S/c9-7-5-3-1-2-4(11-3)6(5)8(10)12-7/h3-6H,1-2H2/t3-,4+,5-,6+. The van der Waals surface area contributed by atoms with Gasteiger partial charge >= 0.3 is 0 Å². The zero-order valence-corrected chi connectivity index (χ0v) is 7.17. The smallest absolute Gasteiger partial charge is 0.202 e. The Morgan fingerprint density at radius 3 is 2.08 bits per heavy atom. The molecule has 0 N–H and O–H groups in total. The second-order valence-electron chi connectivity index (χ2n) is 3.58. The van der Waals surface area contributed by atoms with Gasteiger partial charge < -0.3 is 4.74 Å². The Kier molecular flexibility index (Phi) is 1.25. The minimum absolute atomic E-state index is 0.0391. The predicted molar refractivity (Wildman–Crippen MR) is 42.5 cm³/mol. The molecule has 0 aromatic carbocycles. The topological polar surface area (TPSA) is 43.4 Å². The Bertz CT molecular complexity index is 249. The molecule has 3 nitrogen and oxygen atoms in total. The normalized spacial score (nSPS) is 50.3. The summed E-state index contributed by atoms with van der Waals surface area (Å²) in [5.41, 5.74) is 0. The first kappa shape index (κ1) is 7.09. The molecule has 3 heterocycles. The molecule has 0 unspecified atom stereocenters. The molecule has 0 saturated carbocycles. The van der Waals surface area contributed by atoms with Crippen LogP contribution in [0.5, 0.6) is 0 Å². The van der Waals surface area contributed by atoms with Crippen LogP contribution in [0.2, 0.25) is 0 Å². The summed E-state index contributed by atoms with van der Waals surface area (Å²) in [6, 6.07) is 0. The Balaban J connectivity index is 2.03. The lowest BCUT2D eigenvalue weighted by atomic mass is 9.81. The summed E-state index contributed by atoms with van der Waals surface area (Å²) in [6.45, 7) is 0. The van der Waals surface area contributed by atoms with Crippen LogP contribution in [-0.2, 0) is 14.3 Å². The molecule has 3 saturated heterocycles. The summed E-state index contributed by atoms with van der Waals surface area (Å²) < 4.78 is 5.53. The summed E-state index contributed by atoms with van der Waals surface area (Å²) in [4.78, 5) is 22.6. The van der Waals surface area contributed by atoms with E-state index in [1.165, 1.54) is 0 Å². The second kappa shape index (κ2) is 2.12. The van der Waals surface area contributed by atoms with Crippen molar-refractivity contribution in [2.75, 3.05) is 0 Å². The van der Waals surface area contributed by atoms with E-state index >= 15 is 0 Å². The highest BCUT2D eigenvalue weighted by molar-refractivity contribution is 8.26. The summed E-state index contributed by atoms with van der Waals surface area (Å²) in [5.74, 6) is -0.192. The van der Waals surface area contributed by atoms with E-state index in [0.29, 0.717) is 0 Å². The van der Waals surface area contributed by atoms with E-state index in [2.05, 4.69) is 0 Å². The maximum atomic E-state index is 11.3. The van der Waals surface area contributed by atoms with Crippen molar-refractivity contribution in [3.05, 3.63) is 0 Å². The van der Waals surface area contributed by atoms with Gasteiger partial charge in [-0.3, -0.25) is 9.59 Å². The van der Waals surface area contributed by atoms with Gasteiger partial charge in [0.15, 0.2) is 0 Å². The quantitative estimate of drug-likeness (QED) is 0.552. The van der Waals surface area contributed by atoms with Gasteiger partial charge in [-0.25, -0.2) is 0 Å². The Hall–Kier alpha value is -0.350. The van der Waals surface area contributed by atoms with E-state index < -0.39 is 0 Å². The van der Waals surface area contributed by atoms with Gasteiger partial charge in [-0.05, 0) is 24.6 Å².